The first-order chi connectivity index (χ1) is 7.65. The maximum Gasteiger partial charge on any atom is 0.0795 e. The molecule has 0 aliphatic carbocycles. The van der Waals surface area contributed by atoms with Gasteiger partial charge in [-0.1, -0.05) is 6.07 Å². The molecule has 1 N–H and O–H groups in total. The quantitative estimate of drug-likeness (QED) is 0.867. The number of nitrogens with zero attached hydrogens (tertiary/aromatic N) is 1. The van der Waals surface area contributed by atoms with Gasteiger partial charge in [0.2, 0.25) is 0 Å². The van der Waals surface area contributed by atoms with E-state index in [-0.39, 0.29) is 0 Å². The summed E-state index contributed by atoms with van der Waals surface area (Å²) in [6, 6.07) is 6.84. The largest absolute Gasteiger partial charge is 0.378 e. The summed E-state index contributed by atoms with van der Waals surface area (Å²) < 4.78 is 0. The SMILES string of the molecule is Cc1cc(C)cc(NC(C)c2cncs2)c1. The van der Waals surface area contributed by atoms with E-state index in [1.165, 1.54) is 21.7 Å². The normalized spacial score (nSPS) is 12.4. The Labute approximate surface area is 100 Å². The molecular formula is C13H16N2S. The van der Waals surface area contributed by atoms with Crippen molar-refractivity contribution in [2.45, 2.75) is 26.8 Å². The molecule has 0 amide bonds. The smallest absolute Gasteiger partial charge is 0.0795 e. The van der Waals surface area contributed by atoms with Crippen LogP contribution in [0.1, 0.15) is 29.0 Å². The van der Waals surface area contributed by atoms with E-state index in [2.05, 4.69) is 49.3 Å². The Morgan fingerprint density at radius 1 is 1.19 bits per heavy atom. The molecule has 0 aliphatic rings. The van der Waals surface area contributed by atoms with E-state index in [4.69, 9.17) is 0 Å². The van der Waals surface area contributed by atoms with Crippen LogP contribution in [0.3, 0.4) is 0 Å². The highest BCUT2D eigenvalue weighted by molar-refractivity contribution is 7.09. The predicted octanol–water partition coefficient (Wildman–Crippen LogP) is 3.93. The summed E-state index contributed by atoms with van der Waals surface area (Å²) >= 11 is 1.69. The maximum atomic E-state index is 4.10. The molecule has 0 radical (unpaired) electrons. The predicted molar refractivity (Wildman–Crippen MR) is 70.1 cm³/mol. The van der Waals surface area contributed by atoms with Gasteiger partial charge < -0.3 is 5.32 Å². The summed E-state index contributed by atoms with van der Waals surface area (Å²) in [5.41, 5.74) is 5.63. The van der Waals surface area contributed by atoms with Crippen LogP contribution in [-0.2, 0) is 0 Å². The summed E-state index contributed by atoms with van der Waals surface area (Å²) in [6.45, 7) is 6.40. The van der Waals surface area contributed by atoms with Gasteiger partial charge in [-0.25, -0.2) is 0 Å². The van der Waals surface area contributed by atoms with Gasteiger partial charge in [-0.05, 0) is 44.0 Å². The molecule has 2 aromatic rings. The molecule has 1 aromatic carbocycles. The number of benzene rings is 1. The lowest BCUT2D eigenvalue weighted by atomic mass is 10.1. The number of aromatic nitrogens is 1. The number of rotatable bonds is 3. The summed E-state index contributed by atoms with van der Waals surface area (Å²) in [5, 5.41) is 3.50. The molecule has 16 heavy (non-hydrogen) atoms. The van der Waals surface area contributed by atoms with Crippen molar-refractivity contribution in [3.63, 3.8) is 0 Å². The fraction of sp³-hybridized carbons (Fsp3) is 0.308. The summed E-state index contributed by atoms with van der Waals surface area (Å²) in [4.78, 5) is 5.36. The van der Waals surface area contributed by atoms with E-state index >= 15 is 0 Å². The second-order valence-corrected chi connectivity index (χ2v) is 5.06. The Morgan fingerprint density at radius 2 is 1.88 bits per heavy atom. The molecule has 0 saturated heterocycles. The van der Waals surface area contributed by atoms with E-state index in [0.717, 1.165) is 0 Å². The van der Waals surface area contributed by atoms with Crippen molar-refractivity contribution >= 4 is 17.0 Å². The highest BCUT2D eigenvalue weighted by Crippen LogP contribution is 2.23. The number of hydrogen-bond acceptors (Lipinski definition) is 3. The van der Waals surface area contributed by atoms with Crippen LogP contribution in [0.4, 0.5) is 5.69 Å². The Hall–Kier alpha value is -1.35. The minimum atomic E-state index is 0.314. The number of nitrogens with one attached hydrogen (secondary N) is 1. The van der Waals surface area contributed by atoms with Gasteiger partial charge in [0.1, 0.15) is 0 Å². The van der Waals surface area contributed by atoms with Gasteiger partial charge in [-0.3, -0.25) is 4.98 Å². The molecule has 0 bridgehead atoms. The van der Waals surface area contributed by atoms with Crippen LogP contribution in [0.2, 0.25) is 0 Å². The second-order valence-electron chi connectivity index (χ2n) is 4.15. The van der Waals surface area contributed by atoms with Crippen molar-refractivity contribution in [3.8, 4) is 0 Å². The molecule has 0 fully saturated rings. The van der Waals surface area contributed by atoms with E-state index in [1.807, 2.05) is 11.7 Å². The molecular weight excluding hydrogens is 216 g/mol. The third-order valence-electron chi connectivity index (χ3n) is 2.48. The van der Waals surface area contributed by atoms with Gasteiger partial charge in [0.15, 0.2) is 0 Å². The first-order valence-corrected chi connectivity index (χ1v) is 6.26. The highest BCUT2D eigenvalue weighted by atomic mass is 32.1. The average Bonchev–Trinajstić information content (AvgIpc) is 2.68. The first-order valence-electron chi connectivity index (χ1n) is 5.38. The van der Waals surface area contributed by atoms with Gasteiger partial charge in [-0.2, -0.15) is 0 Å². The summed E-state index contributed by atoms with van der Waals surface area (Å²) in [7, 11) is 0. The van der Waals surface area contributed by atoms with Crippen molar-refractivity contribution < 1.29 is 0 Å². The molecule has 2 rings (SSSR count). The molecule has 2 nitrogen and oxygen atoms in total. The van der Waals surface area contributed by atoms with Crippen molar-refractivity contribution in [2.24, 2.45) is 0 Å². The number of aryl methyl sites for hydroxylation is 2. The van der Waals surface area contributed by atoms with Crippen LogP contribution in [0.25, 0.3) is 0 Å². The zero-order valence-corrected chi connectivity index (χ0v) is 10.6. The van der Waals surface area contributed by atoms with Gasteiger partial charge in [0, 0.05) is 16.8 Å². The number of thiazole rings is 1. The third kappa shape index (κ3) is 2.61. The van der Waals surface area contributed by atoms with Crippen LogP contribution in [0.15, 0.2) is 29.9 Å². The Balaban J connectivity index is 2.15. The Bertz CT molecular complexity index is 443. The van der Waals surface area contributed by atoms with Crippen LogP contribution in [0, 0.1) is 13.8 Å². The lowest BCUT2D eigenvalue weighted by molar-refractivity contribution is 0.903. The van der Waals surface area contributed by atoms with E-state index in [1.54, 1.807) is 11.3 Å². The third-order valence-corrected chi connectivity index (χ3v) is 3.44. The van der Waals surface area contributed by atoms with Gasteiger partial charge in [-0.15, -0.1) is 11.3 Å². The molecule has 0 aliphatic heterocycles. The Kier molecular flexibility index (Phi) is 3.25. The molecule has 1 unspecified atom stereocenters. The zero-order valence-electron chi connectivity index (χ0n) is 9.82. The molecule has 1 heterocycles. The number of hydrogen-bond donors (Lipinski definition) is 1. The van der Waals surface area contributed by atoms with Gasteiger partial charge in [0.05, 0.1) is 11.6 Å². The molecule has 84 valence electrons. The summed E-state index contributed by atoms with van der Waals surface area (Å²) in [6.07, 6.45) is 1.92. The van der Waals surface area contributed by atoms with Crippen molar-refractivity contribution in [2.75, 3.05) is 5.32 Å². The minimum Gasteiger partial charge on any atom is -0.378 e. The van der Waals surface area contributed by atoms with Gasteiger partial charge >= 0.3 is 0 Å². The lowest BCUT2D eigenvalue weighted by Gasteiger charge is -2.14. The Morgan fingerprint density at radius 3 is 2.44 bits per heavy atom. The lowest BCUT2D eigenvalue weighted by Crippen LogP contribution is -2.05. The van der Waals surface area contributed by atoms with Crippen molar-refractivity contribution in [3.05, 3.63) is 45.9 Å². The molecule has 3 heteroatoms. The molecule has 1 aromatic heterocycles. The fourth-order valence-corrected chi connectivity index (χ4v) is 2.45. The molecule has 0 spiro atoms. The van der Waals surface area contributed by atoms with Gasteiger partial charge in [0.25, 0.3) is 0 Å². The number of anilines is 1. The van der Waals surface area contributed by atoms with Crippen LogP contribution >= 0.6 is 11.3 Å². The van der Waals surface area contributed by atoms with Crippen LogP contribution in [-0.4, -0.2) is 4.98 Å². The average molecular weight is 232 g/mol. The maximum absolute atomic E-state index is 4.10. The van der Waals surface area contributed by atoms with E-state index in [0.29, 0.717) is 6.04 Å². The molecule has 0 saturated carbocycles. The van der Waals surface area contributed by atoms with Crippen molar-refractivity contribution in [1.29, 1.82) is 0 Å². The standard InChI is InChI=1S/C13H16N2S/c1-9-4-10(2)6-12(5-9)15-11(3)13-7-14-8-16-13/h4-8,11,15H,1-3H3. The first kappa shape index (κ1) is 11.1. The monoisotopic (exact) mass is 232 g/mol. The molecule has 1 atom stereocenters. The van der Waals surface area contributed by atoms with E-state index < -0.39 is 0 Å². The topological polar surface area (TPSA) is 24.9 Å². The zero-order chi connectivity index (χ0) is 11.5. The van der Waals surface area contributed by atoms with Crippen molar-refractivity contribution in [1.82, 2.24) is 4.98 Å². The van der Waals surface area contributed by atoms with E-state index in [9.17, 15) is 0 Å². The highest BCUT2D eigenvalue weighted by Gasteiger charge is 2.06. The minimum absolute atomic E-state index is 0.314. The van der Waals surface area contributed by atoms with Crippen LogP contribution < -0.4 is 5.32 Å². The van der Waals surface area contributed by atoms with Crippen LogP contribution in [0.5, 0.6) is 0 Å². The summed E-state index contributed by atoms with van der Waals surface area (Å²) in [5.74, 6) is 0. The second kappa shape index (κ2) is 4.66. The fourth-order valence-electron chi connectivity index (χ4n) is 1.82.